The molecule has 5 aliphatic rings. The molecule has 2 aliphatic carbocycles. The van der Waals surface area contributed by atoms with Crippen LogP contribution in [0.25, 0.3) is 4.72 Å². The number of carbonyl (C=O) groups is 1. The number of carbonyl (C=O) groups excluding carboxylic acids is 1. The molecule has 1 aromatic heterocycles. The molecule has 164 valence electrons. The standard InChI is InChI=1S/C23H27N3O4S.Na/c27-23(24-21-18-5-1-3-15(18)11-16-4-2-6-19(16)21)25-31(28,29)20-12-17-13-26-9-7-14(8-10-26)22(17)30-20;/h11-12,14H,1-10,13H2,(H2,24,25,27);/q;+1/p-1. The first-order chi connectivity index (χ1) is 15.0. The summed E-state index contributed by atoms with van der Waals surface area (Å²) < 4.78 is 35.1. The maximum atomic E-state index is 12.9. The number of anilines is 1. The molecule has 32 heavy (non-hydrogen) atoms. The number of rotatable bonds is 3. The molecule has 1 saturated heterocycles. The van der Waals surface area contributed by atoms with Crippen molar-refractivity contribution in [2.24, 2.45) is 0 Å². The summed E-state index contributed by atoms with van der Waals surface area (Å²) in [5.74, 6) is 1.01. The van der Waals surface area contributed by atoms with Crippen LogP contribution >= 0.6 is 0 Å². The van der Waals surface area contributed by atoms with Crippen molar-refractivity contribution in [3.05, 3.63) is 50.4 Å². The molecular weight excluding hydrogens is 437 g/mol. The van der Waals surface area contributed by atoms with Gasteiger partial charge >= 0.3 is 29.6 Å². The average Bonchev–Trinajstić information content (AvgIpc) is 3.45. The molecule has 0 atom stereocenters. The van der Waals surface area contributed by atoms with Crippen molar-refractivity contribution in [1.29, 1.82) is 0 Å². The fourth-order valence-electron chi connectivity index (χ4n) is 5.86. The summed E-state index contributed by atoms with van der Waals surface area (Å²) in [4.78, 5) is 15.0. The molecule has 0 radical (unpaired) electrons. The number of fused-ring (bicyclic) bond motifs is 4. The number of nitrogens with one attached hydrogen (secondary N) is 1. The maximum Gasteiger partial charge on any atom is 1.00 e. The van der Waals surface area contributed by atoms with Crippen molar-refractivity contribution in [1.82, 2.24) is 4.90 Å². The van der Waals surface area contributed by atoms with E-state index in [2.05, 4.69) is 21.0 Å². The van der Waals surface area contributed by atoms with Crippen LogP contribution in [0.2, 0.25) is 0 Å². The van der Waals surface area contributed by atoms with Gasteiger partial charge in [0.2, 0.25) is 15.1 Å². The summed E-state index contributed by atoms with van der Waals surface area (Å²) in [6.45, 7) is 2.71. The summed E-state index contributed by atoms with van der Waals surface area (Å²) in [7, 11) is -4.20. The number of amides is 2. The minimum atomic E-state index is -4.20. The topological polar surface area (TPSA) is 93.7 Å². The monoisotopic (exact) mass is 463 g/mol. The maximum absolute atomic E-state index is 12.9. The second-order valence-corrected chi connectivity index (χ2v) is 10.8. The van der Waals surface area contributed by atoms with E-state index < -0.39 is 16.1 Å². The van der Waals surface area contributed by atoms with Crippen LogP contribution in [0.4, 0.5) is 10.5 Å². The third-order valence-electron chi connectivity index (χ3n) is 7.33. The summed E-state index contributed by atoms with van der Waals surface area (Å²) in [5, 5.41) is 2.61. The number of urea groups is 1. The van der Waals surface area contributed by atoms with Crippen molar-refractivity contribution in [2.75, 3.05) is 18.4 Å². The van der Waals surface area contributed by atoms with E-state index in [1.165, 1.54) is 11.1 Å². The van der Waals surface area contributed by atoms with E-state index in [1.54, 1.807) is 6.07 Å². The van der Waals surface area contributed by atoms with Crippen molar-refractivity contribution in [2.45, 2.75) is 68.9 Å². The Kier molecular flexibility index (Phi) is 5.95. The fourth-order valence-corrected chi connectivity index (χ4v) is 6.70. The summed E-state index contributed by atoms with van der Waals surface area (Å²) in [5.41, 5.74) is 6.56. The smallest absolute Gasteiger partial charge is 0.449 e. The van der Waals surface area contributed by atoms with Crippen LogP contribution in [0, 0.1) is 0 Å². The van der Waals surface area contributed by atoms with Crippen LogP contribution in [-0.4, -0.2) is 32.4 Å². The molecule has 9 heteroatoms. The zero-order chi connectivity index (χ0) is 21.2. The van der Waals surface area contributed by atoms with Crippen LogP contribution < -0.4 is 34.9 Å². The predicted molar refractivity (Wildman–Crippen MR) is 116 cm³/mol. The molecule has 2 bridgehead atoms. The van der Waals surface area contributed by atoms with E-state index in [4.69, 9.17) is 4.42 Å². The number of nitrogens with zero attached hydrogens (tertiary/aromatic N) is 2. The number of sulfonamides is 1. The first kappa shape index (κ1) is 22.5. The van der Waals surface area contributed by atoms with E-state index in [-0.39, 0.29) is 40.6 Å². The van der Waals surface area contributed by atoms with Gasteiger partial charge in [-0.25, -0.2) is 8.42 Å². The quantitative estimate of drug-likeness (QED) is 0.692. The molecule has 2 amide bonds. The van der Waals surface area contributed by atoms with Gasteiger partial charge in [-0.05, 0) is 92.4 Å². The van der Waals surface area contributed by atoms with Gasteiger partial charge in [0.05, 0.1) is 0 Å². The Labute approximate surface area is 210 Å². The van der Waals surface area contributed by atoms with Crippen LogP contribution in [0.1, 0.15) is 65.2 Å². The molecule has 7 nitrogen and oxygen atoms in total. The van der Waals surface area contributed by atoms with Crippen LogP contribution in [0.3, 0.4) is 0 Å². The average molecular weight is 464 g/mol. The molecule has 0 saturated carbocycles. The first-order valence-corrected chi connectivity index (χ1v) is 12.7. The SMILES string of the molecule is O=C([N-]S(=O)(=O)c1cc2c(o1)C1CCN(CC1)C2)Nc1c2c(cc3c1CCC3)CCC2.[Na+]. The first-order valence-electron chi connectivity index (χ1n) is 11.3. The van der Waals surface area contributed by atoms with Crippen LogP contribution in [0.5, 0.6) is 0 Å². The number of hydrogen-bond donors (Lipinski definition) is 1. The fraction of sp³-hybridized carbons (Fsp3) is 0.522. The number of aryl methyl sites for hydroxylation is 2. The molecule has 1 N–H and O–H groups in total. The summed E-state index contributed by atoms with van der Waals surface area (Å²) in [6, 6.07) is 3.00. The van der Waals surface area contributed by atoms with Crippen molar-refractivity contribution < 1.29 is 47.2 Å². The summed E-state index contributed by atoms with van der Waals surface area (Å²) in [6.07, 6.45) is 7.92. The van der Waals surface area contributed by atoms with E-state index in [0.29, 0.717) is 6.54 Å². The van der Waals surface area contributed by atoms with E-state index in [9.17, 15) is 13.2 Å². The zero-order valence-electron chi connectivity index (χ0n) is 18.4. The van der Waals surface area contributed by atoms with Crippen LogP contribution in [0.15, 0.2) is 21.6 Å². The second kappa shape index (κ2) is 8.47. The van der Waals surface area contributed by atoms with Gasteiger partial charge in [-0.1, -0.05) is 6.07 Å². The van der Waals surface area contributed by atoms with Gasteiger partial charge in [-0.15, -0.1) is 0 Å². The number of hydrogen-bond acceptors (Lipinski definition) is 5. The van der Waals surface area contributed by atoms with Gasteiger partial charge < -0.3 is 14.5 Å². The van der Waals surface area contributed by atoms with Gasteiger partial charge in [0.15, 0.2) is 6.03 Å². The number of furan rings is 1. The Morgan fingerprint density at radius 2 is 1.66 bits per heavy atom. The molecule has 1 fully saturated rings. The van der Waals surface area contributed by atoms with E-state index in [1.807, 2.05) is 0 Å². The Morgan fingerprint density at radius 3 is 2.31 bits per heavy atom. The molecule has 7 rings (SSSR count). The largest absolute Gasteiger partial charge is 1.00 e. The molecule has 0 unspecified atom stereocenters. The molecule has 2 aromatic rings. The van der Waals surface area contributed by atoms with Gasteiger partial charge in [-0.3, -0.25) is 9.69 Å². The normalized spacial score (nSPS) is 23.0. The summed E-state index contributed by atoms with van der Waals surface area (Å²) >= 11 is 0. The van der Waals surface area contributed by atoms with Gasteiger partial charge in [0.25, 0.3) is 0 Å². The molecule has 1 aromatic carbocycles. The van der Waals surface area contributed by atoms with Gasteiger partial charge in [-0.2, -0.15) is 0 Å². The Hall–Kier alpha value is -1.32. The Balaban J connectivity index is 0.00000216. The number of benzene rings is 1. The predicted octanol–water partition coefficient (Wildman–Crippen LogP) is 1.25. The van der Waals surface area contributed by atoms with Gasteiger partial charge in [0.1, 0.15) is 5.76 Å². The van der Waals surface area contributed by atoms with Crippen molar-refractivity contribution >= 4 is 21.7 Å². The van der Waals surface area contributed by atoms with Crippen LogP contribution in [-0.2, 0) is 42.3 Å². The minimum absolute atomic E-state index is 0. The van der Waals surface area contributed by atoms with Crippen molar-refractivity contribution in [3.63, 3.8) is 0 Å². The van der Waals surface area contributed by atoms with Gasteiger partial charge in [0, 0.05) is 24.1 Å². The number of piperidine rings is 1. The zero-order valence-corrected chi connectivity index (χ0v) is 21.3. The van der Waals surface area contributed by atoms with E-state index in [0.717, 1.165) is 92.6 Å². The third-order valence-corrected chi connectivity index (χ3v) is 8.45. The Bertz CT molecular complexity index is 1150. The molecular formula is C23H26N3NaO4S. The minimum Gasteiger partial charge on any atom is -0.449 e. The Morgan fingerprint density at radius 1 is 1.00 bits per heavy atom. The van der Waals surface area contributed by atoms with E-state index >= 15 is 0 Å². The third kappa shape index (κ3) is 3.84. The van der Waals surface area contributed by atoms with Crippen molar-refractivity contribution in [3.8, 4) is 0 Å². The molecule has 4 heterocycles. The second-order valence-electron chi connectivity index (χ2n) is 9.24. The molecule has 3 aliphatic heterocycles. The molecule has 0 spiro atoms.